The van der Waals surface area contributed by atoms with E-state index in [1.807, 2.05) is 0 Å². The fourth-order valence-electron chi connectivity index (χ4n) is 12.1. The van der Waals surface area contributed by atoms with Crippen LogP contribution in [0.3, 0.4) is 0 Å². The summed E-state index contributed by atoms with van der Waals surface area (Å²) < 4.78 is 39.4. The highest BCUT2D eigenvalue weighted by atomic mass is 31.1. The molecule has 0 aromatic carbocycles. The van der Waals surface area contributed by atoms with Gasteiger partial charge in [0.05, 0.1) is 0 Å². The Kier molecular flexibility index (Phi) is 41.9. The van der Waals surface area contributed by atoms with Crippen LogP contribution in [-0.2, 0) is 0 Å². The first-order chi connectivity index (χ1) is 27.1. The van der Waals surface area contributed by atoms with E-state index in [0.717, 1.165) is 0 Å². The van der Waals surface area contributed by atoms with Crippen molar-refractivity contribution in [1.29, 1.82) is 0 Å². The van der Waals surface area contributed by atoms with Crippen LogP contribution in [0.15, 0.2) is 0 Å². The Balaban J connectivity index is -0.000000100. The molecule has 0 unspecified atom stereocenters. The Morgan fingerprint density at radius 1 is 0.188 bits per heavy atom. The van der Waals surface area contributed by atoms with Gasteiger partial charge < -0.3 is 20.1 Å². The summed E-state index contributed by atoms with van der Waals surface area (Å²) in [6, 6.07) is 0. The average Bonchev–Trinajstić information content (AvgIpc) is 2.80. The molecule has 0 aliphatic carbocycles. The molecule has 0 saturated heterocycles. The maximum Gasteiger partial charge on any atom is 0.479 e. The minimum absolute atomic E-state index is 0.0162. The van der Waals surface area contributed by atoms with Gasteiger partial charge in [0.2, 0.25) is 0 Å². The van der Waals surface area contributed by atoms with Gasteiger partial charge in [0.1, 0.15) is 0 Å². The lowest BCUT2D eigenvalue weighted by Gasteiger charge is -2.49. The number of hydrogen-bond donors (Lipinski definition) is 4. The van der Waals surface area contributed by atoms with Gasteiger partial charge in [-0.15, -0.1) is 0 Å². The second-order valence-corrected chi connectivity index (χ2v) is 46.7. The Labute approximate surface area is 409 Å². The molecule has 16 heteroatoms. The van der Waals surface area contributed by atoms with Crippen LogP contribution in [0.25, 0.3) is 0 Å². The molecule has 0 bridgehead atoms. The van der Waals surface area contributed by atoms with E-state index in [1.54, 1.807) is 0 Å². The number of halogens is 4. The van der Waals surface area contributed by atoms with Gasteiger partial charge in [0.15, 0.2) is 0 Å². The van der Waals surface area contributed by atoms with E-state index >= 15 is 0 Å². The van der Waals surface area contributed by atoms with Crippen LogP contribution in [0.2, 0.25) is 0 Å². The predicted molar refractivity (Wildman–Crippen MR) is 307 cm³/mol. The van der Waals surface area contributed by atoms with E-state index in [4.69, 9.17) is 20.1 Å². The van der Waals surface area contributed by atoms with E-state index < -0.39 is 31.0 Å². The zero-order valence-corrected chi connectivity index (χ0v) is 53.5. The van der Waals surface area contributed by atoms with Gasteiger partial charge in [-0.3, -0.25) is 17.3 Å². The normalized spacial score (nSPS) is 13.2. The van der Waals surface area contributed by atoms with Gasteiger partial charge >= 0.3 is 31.0 Å². The standard InChI is InChI=1S/4C12H27P.4BFH2O/c4*1-10(2,3)13(11(4,5)6)12(7,8)9;4*2-1-3/h4*1-9H3;4*1,3H. The number of hydrogen-bond acceptors (Lipinski definition) is 4. The van der Waals surface area contributed by atoms with Gasteiger partial charge in [-0.1, -0.05) is 281 Å². The van der Waals surface area contributed by atoms with Gasteiger partial charge in [-0.05, 0) is 61.9 Å². The van der Waals surface area contributed by atoms with Crippen LogP contribution in [0.5, 0.6) is 0 Å². The third kappa shape index (κ3) is 46.0. The van der Waals surface area contributed by atoms with E-state index in [0.29, 0.717) is 61.9 Å². The summed E-state index contributed by atoms with van der Waals surface area (Å²) in [6.45, 7) is 85.8. The molecule has 0 aromatic rings. The molecule has 4 nitrogen and oxygen atoms in total. The molecule has 4 N–H and O–H groups in total. The summed E-state index contributed by atoms with van der Waals surface area (Å²) in [5.74, 6) is 0. The molecule has 392 valence electrons. The molecular formula is C48H116B4F4O4P4. The van der Waals surface area contributed by atoms with Crippen molar-refractivity contribution in [2.24, 2.45) is 0 Å². The molecule has 0 atom stereocenters. The molecular weight excluding hydrogens is 884 g/mol. The van der Waals surface area contributed by atoms with E-state index in [1.165, 1.54) is 0 Å². The van der Waals surface area contributed by atoms with Crippen LogP contribution >= 0.6 is 31.7 Å². The molecule has 0 amide bonds. The summed E-state index contributed by atoms with van der Waals surface area (Å²) in [5, 5.41) is 33.0. The molecule has 0 radical (unpaired) electrons. The quantitative estimate of drug-likeness (QED) is 0.111. The van der Waals surface area contributed by atoms with E-state index in [9.17, 15) is 17.3 Å². The topological polar surface area (TPSA) is 80.9 Å². The van der Waals surface area contributed by atoms with Crippen molar-refractivity contribution in [2.75, 3.05) is 0 Å². The van der Waals surface area contributed by atoms with Crippen LogP contribution in [0.4, 0.5) is 17.3 Å². The molecule has 0 rings (SSSR count). The van der Waals surface area contributed by atoms with Crippen LogP contribution in [0, 0.1) is 0 Å². The van der Waals surface area contributed by atoms with Crippen LogP contribution in [-0.4, -0.2) is 113 Å². The number of rotatable bonds is 0. The third-order valence-corrected chi connectivity index (χ3v) is 24.1. The van der Waals surface area contributed by atoms with Crippen molar-refractivity contribution in [3.8, 4) is 0 Å². The average molecular weight is 1000 g/mol. The largest absolute Gasteiger partial charge is 0.479 e. The summed E-state index contributed by atoms with van der Waals surface area (Å²) in [4.78, 5) is 0. The van der Waals surface area contributed by atoms with Crippen LogP contribution < -0.4 is 0 Å². The fourth-order valence-corrected chi connectivity index (χ4v) is 36.2. The van der Waals surface area contributed by atoms with Crippen molar-refractivity contribution >= 4 is 62.7 Å². The molecule has 0 aromatic heterocycles. The van der Waals surface area contributed by atoms with Crippen molar-refractivity contribution in [2.45, 2.75) is 311 Å². The lowest BCUT2D eigenvalue weighted by Crippen LogP contribution is -2.34. The first kappa shape index (κ1) is 82.5. The predicted octanol–water partition coefficient (Wildman–Crippen LogP) is 16.3. The molecule has 0 spiro atoms. The SMILES string of the molecule is CC(C)(C)P(C(C)(C)C)C(C)(C)C.CC(C)(C)P(C(C)(C)C)C(C)(C)C.CC(C)(C)P(C(C)(C)C)C(C)(C)C.CC(C)(C)P(C(C)(C)C)C(C)(C)C.OBF.OBF.OBF.OBF. The van der Waals surface area contributed by atoms with Gasteiger partial charge in [-0.2, -0.15) is 0 Å². The third-order valence-electron chi connectivity index (χ3n) is 8.05. The van der Waals surface area contributed by atoms with E-state index in [2.05, 4.69) is 249 Å². The minimum atomic E-state index is -1.25. The maximum absolute atomic E-state index is 9.85. The van der Waals surface area contributed by atoms with Gasteiger partial charge in [-0.25, -0.2) is 0 Å². The fraction of sp³-hybridized carbons (Fsp3) is 1.00. The van der Waals surface area contributed by atoms with Crippen molar-refractivity contribution < 1.29 is 37.4 Å². The van der Waals surface area contributed by atoms with Crippen molar-refractivity contribution in [3.63, 3.8) is 0 Å². The lowest BCUT2D eigenvalue weighted by molar-refractivity contribution is 0.535. The second-order valence-electron chi connectivity index (χ2n) is 27.9. The molecule has 0 aliphatic rings. The van der Waals surface area contributed by atoms with Crippen molar-refractivity contribution in [1.82, 2.24) is 0 Å². The molecule has 0 fully saturated rings. The lowest BCUT2D eigenvalue weighted by atomic mass is 10.2. The van der Waals surface area contributed by atoms with Crippen LogP contribution in [0.1, 0.15) is 249 Å². The highest BCUT2D eigenvalue weighted by Gasteiger charge is 2.44. The Morgan fingerprint density at radius 3 is 0.219 bits per heavy atom. The Bertz CT molecular complexity index is 798. The summed E-state index contributed by atoms with van der Waals surface area (Å²) in [7, 11) is -4.94. The maximum atomic E-state index is 9.85. The Morgan fingerprint density at radius 2 is 0.219 bits per heavy atom. The zero-order chi connectivity index (χ0) is 55.1. The summed E-state index contributed by atoms with van der Waals surface area (Å²) in [6.07, 6.45) is 0. The Hall–Kier alpha value is 1.54. The summed E-state index contributed by atoms with van der Waals surface area (Å²) >= 11 is 0. The van der Waals surface area contributed by atoms with Gasteiger partial charge in [0.25, 0.3) is 0 Å². The summed E-state index contributed by atoms with van der Waals surface area (Å²) in [5.41, 5.74) is 0. The molecule has 0 aliphatic heterocycles. The first-order valence-corrected chi connectivity index (χ1v) is 28.4. The van der Waals surface area contributed by atoms with E-state index in [-0.39, 0.29) is 31.7 Å². The monoisotopic (exact) mass is 1000 g/mol. The second kappa shape index (κ2) is 32.5. The molecule has 64 heavy (non-hydrogen) atoms. The first-order valence-electron chi connectivity index (χ1n) is 23.0. The minimum Gasteiger partial charge on any atom is -0.427 e. The van der Waals surface area contributed by atoms with Crippen molar-refractivity contribution in [3.05, 3.63) is 0 Å². The molecule has 0 saturated carbocycles. The zero-order valence-electron chi connectivity index (χ0n) is 49.9. The smallest absolute Gasteiger partial charge is 0.427 e. The highest BCUT2D eigenvalue weighted by molar-refractivity contribution is 7.63. The van der Waals surface area contributed by atoms with Gasteiger partial charge in [0, 0.05) is 0 Å². The highest BCUT2D eigenvalue weighted by Crippen LogP contribution is 2.69. The molecule has 0 heterocycles.